The van der Waals surface area contributed by atoms with Gasteiger partial charge in [-0.1, -0.05) is 12.8 Å². The van der Waals surface area contributed by atoms with Gasteiger partial charge in [-0.15, -0.1) is 0 Å². The molecular formula is C20H23NO4. The van der Waals surface area contributed by atoms with Crippen LogP contribution in [-0.2, 0) is 22.4 Å². The molecule has 5 heteroatoms. The third-order valence-corrected chi connectivity index (χ3v) is 5.64. The Balaban J connectivity index is 1.57. The second-order valence-electron chi connectivity index (χ2n) is 7.25. The molecule has 4 rings (SSSR count). The first-order chi connectivity index (χ1) is 12.1. The Morgan fingerprint density at radius 1 is 1.04 bits per heavy atom. The number of hydrogen-bond donors (Lipinski definition) is 2. The minimum atomic E-state index is -0.862. The largest absolute Gasteiger partial charge is 0.481 e. The molecule has 1 amide bonds. The number of rotatable bonds is 3. The number of carbonyl (C=O) groups is 2. The van der Waals surface area contributed by atoms with Gasteiger partial charge in [0.15, 0.2) is 0 Å². The molecule has 0 aliphatic heterocycles. The minimum absolute atomic E-state index is 0.177. The molecule has 1 heterocycles. The summed E-state index contributed by atoms with van der Waals surface area (Å²) in [6, 6.07) is 5.71. The van der Waals surface area contributed by atoms with Crippen LogP contribution in [0, 0.1) is 11.8 Å². The lowest BCUT2D eigenvalue weighted by Gasteiger charge is -2.27. The number of carboxylic acids is 1. The van der Waals surface area contributed by atoms with E-state index in [1.165, 1.54) is 12.0 Å². The highest BCUT2D eigenvalue weighted by molar-refractivity contribution is 5.97. The molecule has 132 valence electrons. The average molecular weight is 341 g/mol. The monoisotopic (exact) mass is 341 g/mol. The fraction of sp³-hybridized carbons (Fsp3) is 0.500. The molecule has 2 atom stereocenters. The van der Waals surface area contributed by atoms with Gasteiger partial charge < -0.3 is 14.8 Å². The zero-order valence-corrected chi connectivity index (χ0v) is 14.2. The molecule has 1 aromatic carbocycles. The van der Waals surface area contributed by atoms with E-state index in [-0.39, 0.29) is 5.91 Å². The van der Waals surface area contributed by atoms with Gasteiger partial charge in [0.05, 0.1) is 11.8 Å². The number of aliphatic carboxylic acids is 1. The predicted molar refractivity (Wildman–Crippen MR) is 94.6 cm³/mol. The number of nitrogens with one attached hydrogen (secondary N) is 1. The van der Waals surface area contributed by atoms with Crippen molar-refractivity contribution in [1.82, 2.24) is 0 Å². The first kappa shape index (κ1) is 16.2. The molecule has 0 spiro atoms. The first-order valence-corrected chi connectivity index (χ1v) is 9.21. The zero-order chi connectivity index (χ0) is 17.4. The van der Waals surface area contributed by atoms with E-state index in [2.05, 4.69) is 5.32 Å². The van der Waals surface area contributed by atoms with Gasteiger partial charge in [0.1, 0.15) is 11.3 Å². The third-order valence-electron chi connectivity index (χ3n) is 5.64. The number of carboxylic acid groups (broad SMARTS) is 1. The van der Waals surface area contributed by atoms with Crippen molar-refractivity contribution >= 4 is 28.5 Å². The van der Waals surface area contributed by atoms with E-state index in [9.17, 15) is 14.7 Å². The van der Waals surface area contributed by atoms with E-state index in [4.69, 9.17) is 4.42 Å². The van der Waals surface area contributed by atoms with E-state index >= 15 is 0 Å². The Labute approximate surface area is 146 Å². The molecule has 0 bridgehead atoms. The summed E-state index contributed by atoms with van der Waals surface area (Å²) >= 11 is 0. The van der Waals surface area contributed by atoms with Crippen LogP contribution in [0.25, 0.3) is 11.0 Å². The third kappa shape index (κ3) is 3.03. The van der Waals surface area contributed by atoms with Crippen LogP contribution in [0.5, 0.6) is 0 Å². The summed E-state index contributed by atoms with van der Waals surface area (Å²) in [6.45, 7) is 0. The standard InChI is InChI=1S/C20H23NO4/c22-19(14-6-1-2-7-15(14)20(23)24)21-12-9-10-18-16(11-12)13-5-3-4-8-17(13)25-18/h9-11,14-15H,1-8H2,(H,21,22)(H,23,24)/t14-,15-/m1/s1. The first-order valence-electron chi connectivity index (χ1n) is 9.21. The SMILES string of the molecule is O=C(O)[C@@H]1CCCC[C@H]1C(=O)Nc1ccc2oc3c(c2c1)CCCC3. The quantitative estimate of drug-likeness (QED) is 0.879. The Hall–Kier alpha value is -2.30. The summed E-state index contributed by atoms with van der Waals surface area (Å²) in [4.78, 5) is 24.1. The van der Waals surface area contributed by atoms with Gasteiger partial charge in [-0.3, -0.25) is 9.59 Å². The number of amides is 1. The van der Waals surface area contributed by atoms with Gasteiger partial charge >= 0.3 is 5.97 Å². The molecule has 1 aromatic heterocycles. The smallest absolute Gasteiger partial charge is 0.307 e. The highest BCUT2D eigenvalue weighted by Crippen LogP contribution is 2.35. The summed E-state index contributed by atoms with van der Waals surface area (Å²) in [5.41, 5.74) is 2.85. The van der Waals surface area contributed by atoms with Crippen molar-refractivity contribution < 1.29 is 19.1 Å². The number of carbonyl (C=O) groups excluding carboxylic acids is 1. The number of hydrogen-bond acceptors (Lipinski definition) is 3. The van der Waals surface area contributed by atoms with Crippen LogP contribution < -0.4 is 5.32 Å². The second kappa shape index (κ2) is 6.54. The van der Waals surface area contributed by atoms with Gasteiger partial charge in [-0.05, 0) is 50.3 Å². The minimum Gasteiger partial charge on any atom is -0.481 e. The van der Waals surface area contributed by atoms with Crippen molar-refractivity contribution in [2.45, 2.75) is 51.4 Å². The average Bonchev–Trinajstić information content (AvgIpc) is 2.99. The van der Waals surface area contributed by atoms with Crippen LogP contribution in [0.1, 0.15) is 49.8 Å². The van der Waals surface area contributed by atoms with Crippen LogP contribution in [0.3, 0.4) is 0 Å². The van der Waals surface area contributed by atoms with Gasteiger partial charge in [-0.2, -0.15) is 0 Å². The van der Waals surface area contributed by atoms with Crippen molar-refractivity contribution in [2.24, 2.45) is 11.8 Å². The van der Waals surface area contributed by atoms with Gasteiger partial charge in [0.2, 0.25) is 5.91 Å². The molecule has 1 fully saturated rings. The molecule has 0 saturated heterocycles. The highest BCUT2D eigenvalue weighted by atomic mass is 16.4. The number of aryl methyl sites for hydroxylation is 2. The number of anilines is 1. The van der Waals surface area contributed by atoms with E-state index in [1.54, 1.807) is 0 Å². The maximum Gasteiger partial charge on any atom is 0.307 e. The lowest BCUT2D eigenvalue weighted by Crippen LogP contribution is -2.36. The Morgan fingerprint density at radius 3 is 2.60 bits per heavy atom. The summed E-state index contributed by atoms with van der Waals surface area (Å²) in [5.74, 6) is -0.981. The van der Waals surface area contributed by atoms with Gasteiger partial charge in [-0.25, -0.2) is 0 Å². The lowest BCUT2D eigenvalue weighted by molar-refractivity contribution is -0.147. The van der Waals surface area contributed by atoms with E-state index in [1.807, 2.05) is 18.2 Å². The topological polar surface area (TPSA) is 79.5 Å². The highest BCUT2D eigenvalue weighted by Gasteiger charge is 2.35. The molecule has 0 radical (unpaired) electrons. The fourth-order valence-corrected chi connectivity index (χ4v) is 4.32. The summed E-state index contributed by atoms with van der Waals surface area (Å²) in [7, 11) is 0. The maximum atomic E-state index is 12.6. The van der Waals surface area contributed by atoms with E-state index in [0.717, 1.165) is 54.5 Å². The molecule has 1 saturated carbocycles. The van der Waals surface area contributed by atoms with Crippen molar-refractivity contribution in [3.05, 3.63) is 29.5 Å². The zero-order valence-electron chi connectivity index (χ0n) is 14.2. The van der Waals surface area contributed by atoms with Crippen LogP contribution in [0.2, 0.25) is 0 Å². The molecule has 2 N–H and O–H groups in total. The summed E-state index contributed by atoms with van der Waals surface area (Å²) in [5, 5.41) is 13.4. The predicted octanol–water partition coefficient (Wildman–Crippen LogP) is 4.14. The van der Waals surface area contributed by atoms with Crippen LogP contribution >= 0.6 is 0 Å². The van der Waals surface area contributed by atoms with Crippen LogP contribution in [0.4, 0.5) is 5.69 Å². The molecule has 5 nitrogen and oxygen atoms in total. The van der Waals surface area contributed by atoms with E-state index < -0.39 is 17.8 Å². The normalized spacial score (nSPS) is 23.2. The van der Waals surface area contributed by atoms with Crippen LogP contribution in [-0.4, -0.2) is 17.0 Å². The summed E-state index contributed by atoms with van der Waals surface area (Å²) < 4.78 is 5.92. The lowest BCUT2D eigenvalue weighted by atomic mass is 9.78. The Kier molecular flexibility index (Phi) is 4.24. The molecule has 2 aliphatic rings. The Bertz CT molecular complexity index is 822. The molecular weight excluding hydrogens is 318 g/mol. The van der Waals surface area contributed by atoms with Gasteiger partial charge in [0.25, 0.3) is 0 Å². The van der Waals surface area contributed by atoms with Crippen molar-refractivity contribution in [3.8, 4) is 0 Å². The maximum absolute atomic E-state index is 12.6. The molecule has 0 unspecified atom stereocenters. The van der Waals surface area contributed by atoms with Crippen molar-refractivity contribution in [1.29, 1.82) is 0 Å². The molecule has 2 aromatic rings. The van der Waals surface area contributed by atoms with Crippen molar-refractivity contribution in [3.63, 3.8) is 0 Å². The van der Waals surface area contributed by atoms with E-state index in [0.29, 0.717) is 12.8 Å². The van der Waals surface area contributed by atoms with Gasteiger partial charge in [0, 0.05) is 23.1 Å². The molecule has 2 aliphatic carbocycles. The molecule has 25 heavy (non-hydrogen) atoms. The van der Waals surface area contributed by atoms with Crippen LogP contribution in [0.15, 0.2) is 22.6 Å². The summed E-state index contributed by atoms with van der Waals surface area (Å²) in [6.07, 6.45) is 7.35. The fourth-order valence-electron chi connectivity index (χ4n) is 4.32. The van der Waals surface area contributed by atoms with Crippen molar-refractivity contribution in [2.75, 3.05) is 5.32 Å². The number of benzene rings is 1. The number of furan rings is 1. The second-order valence-corrected chi connectivity index (χ2v) is 7.25. The Morgan fingerprint density at radius 2 is 1.80 bits per heavy atom. The number of fused-ring (bicyclic) bond motifs is 3.